The molecule has 0 radical (unpaired) electrons. The van der Waals surface area contributed by atoms with Gasteiger partial charge in [0, 0.05) is 17.0 Å². The summed E-state index contributed by atoms with van der Waals surface area (Å²) >= 11 is 0. The molecule has 0 bridgehead atoms. The van der Waals surface area contributed by atoms with E-state index in [2.05, 4.69) is 4.74 Å². The van der Waals surface area contributed by atoms with Crippen LogP contribution >= 0.6 is 0 Å². The molecule has 1 aliphatic heterocycles. The highest BCUT2D eigenvalue weighted by atomic mass is 16.6. The highest BCUT2D eigenvalue weighted by Crippen LogP contribution is 2.45. The third kappa shape index (κ3) is 4.43. The second-order valence-electron chi connectivity index (χ2n) is 8.54. The van der Waals surface area contributed by atoms with E-state index in [9.17, 15) is 14.4 Å². The van der Waals surface area contributed by atoms with Crippen molar-refractivity contribution in [3.63, 3.8) is 0 Å². The second kappa shape index (κ2) is 10.3. The number of carbonyl (C=O) groups excluding carboxylic acids is 2. The lowest BCUT2D eigenvalue weighted by Crippen LogP contribution is -2.23. The van der Waals surface area contributed by atoms with Gasteiger partial charge >= 0.3 is 11.9 Å². The largest absolute Gasteiger partial charge is 0.493 e. The lowest BCUT2D eigenvalue weighted by molar-refractivity contribution is -0.143. The van der Waals surface area contributed by atoms with Crippen LogP contribution in [-0.2, 0) is 14.3 Å². The zero-order chi connectivity index (χ0) is 26.8. The molecule has 2 heterocycles. The van der Waals surface area contributed by atoms with Gasteiger partial charge in [-0.25, -0.2) is 4.79 Å². The minimum Gasteiger partial charge on any atom is -0.493 e. The number of carbonyl (C=O) groups is 2. The van der Waals surface area contributed by atoms with Gasteiger partial charge in [-0.1, -0.05) is 24.3 Å². The fourth-order valence-corrected chi connectivity index (χ4v) is 4.62. The second-order valence-corrected chi connectivity index (χ2v) is 8.54. The van der Waals surface area contributed by atoms with Crippen molar-refractivity contribution in [3.8, 4) is 34.1 Å². The van der Waals surface area contributed by atoms with E-state index in [0.29, 0.717) is 56.2 Å². The monoisotopic (exact) mass is 516 g/mol. The number of hydrogen-bond donors (Lipinski definition) is 0. The molecule has 38 heavy (non-hydrogen) atoms. The standard InChI is InChI=1S/C29H24O9/c1-33-22-10-8-16(12-24(22)34-2)20-14-37-29-18(28(20)32)9-11-23-27(29)19(13-25(30)38-23)17-6-4-5-7-21(17)36-15-26(31)35-3/h4-12,14,19H,13,15H2,1-3H3. The first-order valence-electron chi connectivity index (χ1n) is 11.7. The molecular formula is C29H24O9. The van der Waals surface area contributed by atoms with Crippen LogP contribution in [0.2, 0.25) is 0 Å². The molecule has 1 unspecified atom stereocenters. The van der Waals surface area contributed by atoms with Gasteiger partial charge in [-0.05, 0) is 35.9 Å². The van der Waals surface area contributed by atoms with Gasteiger partial charge in [0.05, 0.1) is 38.7 Å². The van der Waals surface area contributed by atoms with E-state index in [1.165, 1.54) is 27.6 Å². The quantitative estimate of drug-likeness (QED) is 0.259. The number of ether oxygens (including phenoxy) is 5. The van der Waals surface area contributed by atoms with Crippen LogP contribution in [0.5, 0.6) is 23.0 Å². The average molecular weight is 517 g/mol. The molecular weight excluding hydrogens is 492 g/mol. The first kappa shape index (κ1) is 24.9. The molecule has 9 nitrogen and oxygen atoms in total. The van der Waals surface area contributed by atoms with E-state index < -0.39 is 17.9 Å². The summed E-state index contributed by atoms with van der Waals surface area (Å²) in [4.78, 5) is 37.8. The Balaban J connectivity index is 1.65. The molecule has 1 aromatic heterocycles. The molecule has 1 atom stereocenters. The van der Waals surface area contributed by atoms with Gasteiger partial charge in [-0.15, -0.1) is 0 Å². The van der Waals surface area contributed by atoms with Crippen molar-refractivity contribution in [2.75, 3.05) is 27.9 Å². The lowest BCUT2D eigenvalue weighted by atomic mass is 9.84. The lowest BCUT2D eigenvalue weighted by Gasteiger charge is -2.26. The summed E-state index contributed by atoms with van der Waals surface area (Å²) in [5.41, 5.74) is 2.18. The Hall–Kier alpha value is -4.79. The first-order chi connectivity index (χ1) is 18.4. The average Bonchev–Trinajstić information content (AvgIpc) is 2.95. The van der Waals surface area contributed by atoms with Gasteiger partial charge in [0.25, 0.3) is 0 Å². The summed E-state index contributed by atoms with van der Waals surface area (Å²) in [7, 11) is 4.33. The molecule has 5 rings (SSSR count). The number of hydrogen-bond acceptors (Lipinski definition) is 9. The number of rotatable bonds is 7. The minimum atomic E-state index is -0.543. The predicted molar refractivity (Wildman–Crippen MR) is 137 cm³/mol. The molecule has 0 spiro atoms. The Morgan fingerprint density at radius 3 is 2.50 bits per heavy atom. The van der Waals surface area contributed by atoms with Crippen molar-refractivity contribution in [3.05, 3.63) is 82.2 Å². The first-order valence-corrected chi connectivity index (χ1v) is 11.7. The maximum Gasteiger partial charge on any atom is 0.343 e. The molecule has 1 aliphatic rings. The summed E-state index contributed by atoms with van der Waals surface area (Å²) in [6.45, 7) is -0.295. The highest BCUT2D eigenvalue weighted by molar-refractivity contribution is 5.90. The molecule has 3 aromatic carbocycles. The van der Waals surface area contributed by atoms with Gasteiger partial charge in [0.1, 0.15) is 23.3 Å². The van der Waals surface area contributed by atoms with E-state index >= 15 is 0 Å². The Morgan fingerprint density at radius 1 is 0.947 bits per heavy atom. The number of benzene rings is 3. The molecule has 194 valence electrons. The summed E-state index contributed by atoms with van der Waals surface area (Å²) in [5.74, 6) is 0.197. The normalized spacial score (nSPS) is 14.4. The van der Waals surface area contributed by atoms with Crippen LogP contribution in [0.25, 0.3) is 22.1 Å². The summed E-state index contributed by atoms with van der Waals surface area (Å²) in [5, 5.41) is 0.326. The van der Waals surface area contributed by atoms with Crippen molar-refractivity contribution in [1.29, 1.82) is 0 Å². The molecule has 0 aliphatic carbocycles. The maximum absolute atomic E-state index is 13.6. The van der Waals surface area contributed by atoms with Gasteiger partial charge in [-0.2, -0.15) is 0 Å². The molecule has 9 heteroatoms. The van der Waals surface area contributed by atoms with E-state index in [1.807, 2.05) is 0 Å². The van der Waals surface area contributed by atoms with Crippen molar-refractivity contribution in [1.82, 2.24) is 0 Å². The smallest absolute Gasteiger partial charge is 0.343 e. The van der Waals surface area contributed by atoms with Crippen LogP contribution in [0.3, 0.4) is 0 Å². The summed E-state index contributed by atoms with van der Waals surface area (Å²) < 4.78 is 32.6. The van der Waals surface area contributed by atoms with Crippen LogP contribution < -0.4 is 24.4 Å². The number of para-hydroxylation sites is 1. The number of methoxy groups -OCH3 is 3. The van der Waals surface area contributed by atoms with Crippen molar-refractivity contribution < 1.29 is 37.7 Å². The Kier molecular flexibility index (Phi) is 6.74. The van der Waals surface area contributed by atoms with Crippen LogP contribution in [0, 0.1) is 0 Å². The molecule has 0 N–H and O–H groups in total. The van der Waals surface area contributed by atoms with Crippen LogP contribution in [0.1, 0.15) is 23.5 Å². The fraction of sp³-hybridized carbons (Fsp3) is 0.207. The third-order valence-electron chi connectivity index (χ3n) is 6.45. The fourth-order valence-electron chi connectivity index (χ4n) is 4.62. The van der Waals surface area contributed by atoms with E-state index in [1.54, 1.807) is 54.6 Å². The Bertz CT molecular complexity index is 1600. The zero-order valence-electron chi connectivity index (χ0n) is 20.9. The topological polar surface area (TPSA) is 111 Å². The van der Waals surface area contributed by atoms with E-state index in [4.69, 9.17) is 23.4 Å². The third-order valence-corrected chi connectivity index (χ3v) is 6.45. The van der Waals surface area contributed by atoms with Crippen molar-refractivity contribution >= 4 is 22.9 Å². The highest BCUT2D eigenvalue weighted by Gasteiger charge is 2.34. The summed E-state index contributed by atoms with van der Waals surface area (Å²) in [6, 6.07) is 15.4. The van der Waals surface area contributed by atoms with E-state index in [-0.39, 0.29) is 18.5 Å². The number of fused-ring (bicyclic) bond motifs is 3. The molecule has 0 saturated heterocycles. The van der Waals surface area contributed by atoms with Crippen LogP contribution in [0.4, 0.5) is 0 Å². The SMILES string of the molecule is COC(=O)COc1ccccc1C1CC(=O)Oc2ccc3c(=O)c(-c4ccc(OC)c(OC)c4)coc3c21. The zero-order valence-corrected chi connectivity index (χ0v) is 20.9. The Labute approximate surface area is 217 Å². The van der Waals surface area contributed by atoms with E-state index in [0.717, 1.165) is 0 Å². The molecule has 4 aromatic rings. The number of esters is 2. The van der Waals surface area contributed by atoms with Crippen LogP contribution in [-0.4, -0.2) is 39.9 Å². The minimum absolute atomic E-state index is 0.00808. The molecule has 0 fully saturated rings. The van der Waals surface area contributed by atoms with Gasteiger partial charge in [-0.3, -0.25) is 9.59 Å². The predicted octanol–water partition coefficient (Wildman–Crippen LogP) is 4.47. The van der Waals surface area contributed by atoms with Crippen molar-refractivity contribution in [2.45, 2.75) is 12.3 Å². The van der Waals surface area contributed by atoms with Crippen molar-refractivity contribution in [2.24, 2.45) is 0 Å². The van der Waals surface area contributed by atoms with Gasteiger partial charge in [0.2, 0.25) is 5.43 Å². The molecule has 0 saturated carbocycles. The Morgan fingerprint density at radius 2 is 1.74 bits per heavy atom. The van der Waals surface area contributed by atoms with Crippen LogP contribution in [0.15, 0.2) is 70.1 Å². The molecule has 0 amide bonds. The maximum atomic E-state index is 13.6. The summed E-state index contributed by atoms with van der Waals surface area (Å²) in [6.07, 6.45) is 1.38. The van der Waals surface area contributed by atoms with Gasteiger partial charge < -0.3 is 28.1 Å². The van der Waals surface area contributed by atoms with Gasteiger partial charge in [0.15, 0.2) is 18.1 Å².